The van der Waals surface area contributed by atoms with Crippen LogP contribution in [0.4, 0.5) is 0 Å². The average molecular weight is 146 g/mol. The average Bonchev–Trinajstić information content (AvgIpc) is 2.20. The summed E-state index contributed by atoms with van der Waals surface area (Å²) in [4.78, 5) is 0. The highest BCUT2D eigenvalue weighted by atomic mass is 16.5. The van der Waals surface area contributed by atoms with Gasteiger partial charge in [0.2, 0.25) is 0 Å². The van der Waals surface area contributed by atoms with Gasteiger partial charge in [0, 0.05) is 13.0 Å². The van der Waals surface area contributed by atoms with E-state index in [0.717, 1.165) is 0 Å². The first-order valence-electron chi connectivity index (χ1n) is 3.09. The van der Waals surface area contributed by atoms with Crippen LogP contribution in [0.5, 0.6) is 0 Å². The van der Waals surface area contributed by atoms with E-state index < -0.39 is 6.10 Å². The number of hydrogen-bond donors (Lipinski definition) is 3. The van der Waals surface area contributed by atoms with Crippen LogP contribution >= 0.6 is 0 Å². The van der Waals surface area contributed by atoms with E-state index in [1.54, 1.807) is 0 Å². The Morgan fingerprint density at radius 2 is 2.20 bits per heavy atom. The number of ether oxygens (including phenoxy) is 1. The summed E-state index contributed by atoms with van der Waals surface area (Å²) < 4.78 is 4.88. The van der Waals surface area contributed by atoms with Gasteiger partial charge in [-0.05, 0) is 0 Å². The van der Waals surface area contributed by atoms with Gasteiger partial charge in [-0.25, -0.2) is 0 Å². The van der Waals surface area contributed by atoms with Gasteiger partial charge in [0.1, 0.15) is 12.7 Å². The predicted molar refractivity (Wildman–Crippen MR) is 33.7 cm³/mol. The number of rotatable bonds is 2. The lowest BCUT2D eigenvalue weighted by Gasteiger charge is -2.05. The van der Waals surface area contributed by atoms with Crippen molar-refractivity contribution in [2.45, 2.75) is 12.5 Å². The molecule has 1 atom stereocenters. The molecule has 1 aliphatic rings. The molecular formula is C6H10O4. The van der Waals surface area contributed by atoms with E-state index in [4.69, 9.17) is 20.1 Å². The number of aliphatic hydroxyl groups excluding tert-OH is 3. The summed E-state index contributed by atoms with van der Waals surface area (Å²) in [5, 5.41) is 26.2. The second kappa shape index (κ2) is 2.90. The van der Waals surface area contributed by atoms with E-state index in [-0.39, 0.29) is 24.7 Å². The smallest absolute Gasteiger partial charge is 0.161 e. The molecule has 0 bridgehead atoms. The van der Waals surface area contributed by atoms with E-state index in [1.165, 1.54) is 0 Å². The van der Waals surface area contributed by atoms with E-state index in [9.17, 15) is 0 Å². The minimum absolute atomic E-state index is 0.0521. The van der Waals surface area contributed by atoms with Crippen LogP contribution < -0.4 is 0 Å². The third-order valence-electron chi connectivity index (χ3n) is 1.41. The molecule has 10 heavy (non-hydrogen) atoms. The summed E-state index contributed by atoms with van der Waals surface area (Å²) in [5.41, 5.74) is 0. The Morgan fingerprint density at radius 1 is 1.50 bits per heavy atom. The van der Waals surface area contributed by atoms with Gasteiger partial charge in [-0.15, -0.1) is 0 Å². The summed E-state index contributed by atoms with van der Waals surface area (Å²) in [6.45, 7) is -0.00148. The van der Waals surface area contributed by atoms with Crippen molar-refractivity contribution in [3.63, 3.8) is 0 Å². The fourth-order valence-corrected chi connectivity index (χ4v) is 0.856. The Bertz CT molecular complexity index is 152. The van der Waals surface area contributed by atoms with Crippen LogP contribution in [0.2, 0.25) is 0 Å². The van der Waals surface area contributed by atoms with Crippen LogP contribution in [0.25, 0.3) is 0 Å². The zero-order valence-electron chi connectivity index (χ0n) is 5.45. The summed E-state index contributed by atoms with van der Waals surface area (Å²) in [7, 11) is 0. The van der Waals surface area contributed by atoms with Crippen molar-refractivity contribution < 1.29 is 20.1 Å². The van der Waals surface area contributed by atoms with Crippen LogP contribution in [0.3, 0.4) is 0 Å². The summed E-state index contributed by atoms with van der Waals surface area (Å²) in [6.07, 6.45) is -0.180. The first-order valence-corrected chi connectivity index (χ1v) is 3.09. The fourth-order valence-electron chi connectivity index (χ4n) is 0.856. The molecule has 1 rings (SSSR count). The minimum Gasteiger partial charge on any atom is -0.506 e. The summed E-state index contributed by atoms with van der Waals surface area (Å²) >= 11 is 0. The Balaban J connectivity index is 2.50. The molecule has 4 nitrogen and oxygen atoms in total. The minimum atomic E-state index is -0.509. The van der Waals surface area contributed by atoms with E-state index >= 15 is 0 Å². The third-order valence-corrected chi connectivity index (χ3v) is 1.41. The van der Waals surface area contributed by atoms with E-state index in [2.05, 4.69) is 0 Å². The molecule has 0 amide bonds. The van der Waals surface area contributed by atoms with Crippen LogP contribution in [-0.4, -0.2) is 34.6 Å². The van der Waals surface area contributed by atoms with Gasteiger partial charge >= 0.3 is 0 Å². The van der Waals surface area contributed by atoms with Crippen LogP contribution in [0, 0.1) is 0 Å². The monoisotopic (exact) mass is 146 g/mol. The van der Waals surface area contributed by atoms with E-state index in [0.29, 0.717) is 6.42 Å². The molecular weight excluding hydrogens is 136 g/mol. The summed E-state index contributed by atoms with van der Waals surface area (Å²) in [6, 6.07) is 0. The number of aliphatic hydroxyl groups is 3. The highest BCUT2D eigenvalue weighted by Crippen LogP contribution is 2.18. The van der Waals surface area contributed by atoms with Crippen molar-refractivity contribution >= 4 is 0 Å². The Kier molecular flexibility index (Phi) is 2.13. The second-order valence-electron chi connectivity index (χ2n) is 2.14. The van der Waals surface area contributed by atoms with Crippen LogP contribution in [0.1, 0.15) is 6.42 Å². The second-order valence-corrected chi connectivity index (χ2v) is 2.14. The molecule has 58 valence electrons. The molecule has 0 aromatic carbocycles. The number of hydrogen-bond acceptors (Lipinski definition) is 4. The van der Waals surface area contributed by atoms with Crippen molar-refractivity contribution in [3.05, 3.63) is 11.5 Å². The molecule has 1 heterocycles. The standard InChI is InChI=1S/C6H10O4/c7-2-1-5-6(9)4(8)3-10-5/h5,7-9H,1-3H2/t5-/m1/s1. The molecule has 0 spiro atoms. The molecule has 0 aromatic rings. The maximum Gasteiger partial charge on any atom is 0.161 e. The van der Waals surface area contributed by atoms with E-state index in [1.807, 2.05) is 0 Å². The van der Waals surface area contributed by atoms with Crippen molar-refractivity contribution in [2.75, 3.05) is 13.2 Å². The SMILES string of the molecule is OCC[C@H]1OCC(O)=C1O. The van der Waals surface area contributed by atoms with Crippen molar-refractivity contribution in [1.82, 2.24) is 0 Å². The molecule has 4 heteroatoms. The molecule has 0 fully saturated rings. The summed E-state index contributed by atoms with van der Waals surface area (Å²) in [5.74, 6) is -0.271. The van der Waals surface area contributed by atoms with Crippen molar-refractivity contribution in [3.8, 4) is 0 Å². The quantitative estimate of drug-likeness (QED) is 0.516. The highest BCUT2D eigenvalue weighted by Gasteiger charge is 2.24. The zero-order valence-corrected chi connectivity index (χ0v) is 5.45. The molecule has 1 aliphatic heterocycles. The largest absolute Gasteiger partial charge is 0.506 e. The lowest BCUT2D eigenvalue weighted by atomic mass is 10.2. The zero-order chi connectivity index (χ0) is 7.56. The van der Waals surface area contributed by atoms with Crippen molar-refractivity contribution in [2.24, 2.45) is 0 Å². The topological polar surface area (TPSA) is 69.9 Å². The third kappa shape index (κ3) is 1.22. The predicted octanol–water partition coefficient (Wildman–Crippen LogP) is 0.0952. The normalized spacial score (nSPS) is 25.9. The van der Waals surface area contributed by atoms with Gasteiger partial charge in [-0.3, -0.25) is 0 Å². The maximum absolute atomic E-state index is 8.98. The van der Waals surface area contributed by atoms with Gasteiger partial charge in [0.25, 0.3) is 0 Å². The molecule has 0 aliphatic carbocycles. The van der Waals surface area contributed by atoms with Gasteiger partial charge < -0.3 is 20.1 Å². The maximum atomic E-state index is 8.98. The van der Waals surface area contributed by atoms with Gasteiger partial charge in [-0.1, -0.05) is 0 Å². The van der Waals surface area contributed by atoms with Gasteiger partial charge in [-0.2, -0.15) is 0 Å². The van der Waals surface area contributed by atoms with Gasteiger partial charge in [0.15, 0.2) is 11.5 Å². The molecule has 0 saturated carbocycles. The fraction of sp³-hybridized carbons (Fsp3) is 0.667. The highest BCUT2D eigenvalue weighted by molar-refractivity contribution is 5.09. The Morgan fingerprint density at radius 3 is 2.60 bits per heavy atom. The van der Waals surface area contributed by atoms with Crippen LogP contribution in [0.15, 0.2) is 11.5 Å². The van der Waals surface area contributed by atoms with Crippen LogP contribution in [-0.2, 0) is 4.74 Å². The lowest BCUT2D eigenvalue weighted by Crippen LogP contribution is -2.11. The van der Waals surface area contributed by atoms with Crippen molar-refractivity contribution in [1.29, 1.82) is 0 Å². The molecule has 0 unspecified atom stereocenters. The molecule has 0 aromatic heterocycles. The Hall–Kier alpha value is -0.740. The first-order chi connectivity index (χ1) is 4.75. The molecule has 0 radical (unpaired) electrons. The van der Waals surface area contributed by atoms with Gasteiger partial charge in [0.05, 0.1) is 0 Å². The molecule has 3 N–H and O–H groups in total. The first kappa shape index (κ1) is 7.37. The molecule has 0 saturated heterocycles. The lowest BCUT2D eigenvalue weighted by molar-refractivity contribution is 0.0698. The Labute approximate surface area is 58.4 Å².